The Kier molecular flexibility index (Phi) is 3.77. The molecular formula is C10H15BrN2O. The van der Waals surface area contributed by atoms with Gasteiger partial charge >= 0.3 is 0 Å². The molecule has 0 aromatic heterocycles. The predicted molar refractivity (Wildman–Crippen MR) is 63.3 cm³/mol. The van der Waals surface area contributed by atoms with Crippen molar-refractivity contribution in [2.24, 2.45) is 0 Å². The second kappa shape index (κ2) is 4.66. The van der Waals surface area contributed by atoms with Crippen LogP contribution in [0.25, 0.3) is 0 Å². The number of rotatable bonds is 3. The summed E-state index contributed by atoms with van der Waals surface area (Å²) in [5.41, 5.74) is 8.59. The van der Waals surface area contributed by atoms with E-state index >= 15 is 0 Å². The number of halogens is 1. The molecule has 1 aromatic rings. The number of hydroxylamine groups is 1. The van der Waals surface area contributed by atoms with E-state index in [1.54, 1.807) is 5.06 Å². The molecule has 0 fully saturated rings. The Morgan fingerprint density at radius 3 is 2.71 bits per heavy atom. The Balaban J connectivity index is 3.02. The molecule has 0 spiro atoms. The van der Waals surface area contributed by atoms with Crippen molar-refractivity contribution < 1.29 is 4.84 Å². The summed E-state index contributed by atoms with van der Waals surface area (Å²) in [4.78, 5) is 5.37. The SMILES string of the molecule is CCON(C)c1cc(C)c(N)cc1Br. The van der Waals surface area contributed by atoms with Gasteiger partial charge in [0, 0.05) is 17.2 Å². The summed E-state index contributed by atoms with van der Waals surface area (Å²) in [7, 11) is 1.87. The average molecular weight is 259 g/mol. The fraction of sp³-hybridized carbons (Fsp3) is 0.400. The molecule has 78 valence electrons. The zero-order valence-corrected chi connectivity index (χ0v) is 10.3. The third-order valence-electron chi connectivity index (χ3n) is 2.00. The number of anilines is 2. The standard InChI is InChI=1S/C10H15BrN2O/c1-4-14-13(3)10-5-7(2)9(12)6-8(10)11/h5-6H,4,12H2,1-3H3. The molecule has 0 amide bonds. The Labute approximate surface area is 92.9 Å². The molecule has 0 unspecified atom stereocenters. The van der Waals surface area contributed by atoms with Crippen LogP contribution in [-0.2, 0) is 4.84 Å². The predicted octanol–water partition coefficient (Wildman–Crippen LogP) is 2.73. The van der Waals surface area contributed by atoms with Crippen molar-refractivity contribution in [3.8, 4) is 0 Å². The van der Waals surface area contributed by atoms with Crippen molar-refractivity contribution in [1.82, 2.24) is 0 Å². The van der Waals surface area contributed by atoms with E-state index in [0.717, 1.165) is 21.4 Å². The Hall–Kier alpha value is -0.740. The molecule has 1 aromatic carbocycles. The van der Waals surface area contributed by atoms with E-state index in [4.69, 9.17) is 10.6 Å². The molecule has 0 aliphatic carbocycles. The molecule has 0 saturated carbocycles. The number of benzene rings is 1. The molecule has 0 radical (unpaired) electrons. The summed E-state index contributed by atoms with van der Waals surface area (Å²) < 4.78 is 0.941. The maximum Gasteiger partial charge on any atom is 0.0779 e. The van der Waals surface area contributed by atoms with Gasteiger partial charge in [-0.1, -0.05) is 0 Å². The van der Waals surface area contributed by atoms with Gasteiger partial charge < -0.3 is 5.73 Å². The summed E-state index contributed by atoms with van der Waals surface area (Å²) in [6, 6.07) is 3.88. The van der Waals surface area contributed by atoms with Gasteiger partial charge in [-0.25, -0.2) is 0 Å². The van der Waals surface area contributed by atoms with Crippen molar-refractivity contribution in [1.29, 1.82) is 0 Å². The van der Waals surface area contributed by atoms with Crippen LogP contribution in [0.2, 0.25) is 0 Å². The fourth-order valence-corrected chi connectivity index (χ4v) is 1.80. The Morgan fingerprint density at radius 2 is 2.14 bits per heavy atom. The molecule has 14 heavy (non-hydrogen) atoms. The van der Waals surface area contributed by atoms with E-state index in [1.165, 1.54) is 0 Å². The van der Waals surface area contributed by atoms with E-state index < -0.39 is 0 Å². The number of nitrogen functional groups attached to an aromatic ring is 1. The molecule has 1 rings (SSSR count). The van der Waals surface area contributed by atoms with Gasteiger partial charge in [0.15, 0.2) is 0 Å². The number of nitrogens with zero attached hydrogens (tertiary/aromatic N) is 1. The molecule has 0 saturated heterocycles. The van der Waals surface area contributed by atoms with Crippen LogP contribution < -0.4 is 10.8 Å². The molecule has 2 N–H and O–H groups in total. The minimum Gasteiger partial charge on any atom is -0.398 e. The maximum atomic E-state index is 5.77. The van der Waals surface area contributed by atoms with Gasteiger partial charge in [0.2, 0.25) is 0 Å². The summed E-state index contributed by atoms with van der Waals surface area (Å²) in [5.74, 6) is 0. The zero-order chi connectivity index (χ0) is 10.7. The van der Waals surface area contributed by atoms with Crippen LogP contribution in [0.3, 0.4) is 0 Å². The first-order chi connectivity index (χ1) is 6.56. The van der Waals surface area contributed by atoms with E-state index in [1.807, 2.05) is 33.0 Å². The Bertz CT molecular complexity index is 328. The smallest absolute Gasteiger partial charge is 0.0779 e. The van der Waals surface area contributed by atoms with Crippen LogP contribution in [0.1, 0.15) is 12.5 Å². The number of nitrogens with two attached hydrogens (primary N) is 1. The second-order valence-corrected chi connectivity index (χ2v) is 3.93. The van der Waals surface area contributed by atoms with Crippen LogP contribution >= 0.6 is 15.9 Å². The average Bonchev–Trinajstić information content (AvgIpc) is 2.11. The zero-order valence-electron chi connectivity index (χ0n) is 8.67. The summed E-state index contributed by atoms with van der Waals surface area (Å²) >= 11 is 3.45. The minimum atomic E-state index is 0.645. The topological polar surface area (TPSA) is 38.5 Å². The third kappa shape index (κ3) is 2.39. The summed E-state index contributed by atoms with van der Waals surface area (Å²) in [5, 5.41) is 1.73. The van der Waals surface area contributed by atoms with Gasteiger partial charge in [-0.15, -0.1) is 0 Å². The molecule has 0 aliphatic rings. The van der Waals surface area contributed by atoms with Gasteiger partial charge in [0.05, 0.1) is 12.3 Å². The van der Waals surface area contributed by atoms with Crippen molar-refractivity contribution in [3.05, 3.63) is 22.2 Å². The lowest BCUT2D eigenvalue weighted by atomic mass is 10.2. The summed E-state index contributed by atoms with van der Waals surface area (Å²) in [6.07, 6.45) is 0. The highest BCUT2D eigenvalue weighted by Crippen LogP contribution is 2.30. The molecule has 0 atom stereocenters. The highest BCUT2D eigenvalue weighted by atomic mass is 79.9. The first-order valence-electron chi connectivity index (χ1n) is 4.48. The van der Waals surface area contributed by atoms with E-state index in [2.05, 4.69) is 15.9 Å². The first kappa shape index (κ1) is 11.3. The van der Waals surface area contributed by atoms with Crippen LogP contribution in [0.5, 0.6) is 0 Å². The van der Waals surface area contributed by atoms with E-state index in [9.17, 15) is 0 Å². The van der Waals surface area contributed by atoms with Gasteiger partial charge in [0.1, 0.15) is 0 Å². The largest absolute Gasteiger partial charge is 0.398 e. The van der Waals surface area contributed by atoms with Gasteiger partial charge in [0.25, 0.3) is 0 Å². The van der Waals surface area contributed by atoms with Crippen molar-refractivity contribution in [3.63, 3.8) is 0 Å². The summed E-state index contributed by atoms with van der Waals surface area (Å²) in [6.45, 7) is 4.58. The van der Waals surface area contributed by atoms with Crippen LogP contribution in [0, 0.1) is 6.92 Å². The minimum absolute atomic E-state index is 0.645. The monoisotopic (exact) mass is 258 g/mol. The number of aryl methyl sites for hydroxylation is 1. The molecule has 3 nitrogen and oxygen atoms in total. The molecule has 0 heterocycles. The van der Waals surface area contributed by atoms with E-state index in [0.29, 0.717) is 6.61 Å². The van der Waals surface area contributed by atoms with Crippen molar-refractivity contribution >= 4 is 27.3 Å². The van der Waals surface area contributed by atoms with Crippen LogP contribution in [0.4, 0.5) is 11.4 Å². The molecular weight excluding hydrogens is 244 g/mol. The van der Waals surface area contributed by atoms with Gasteiger partial charge in [-0.3, -0.25) is 9.90 Å². The quantitative estimate of drug-likeness (QED) is 0.670. The lowest BCUT2D eigenvalue weighted by Gasteiger charge is -2.20. The van der Waals surface area contributed by atoms with Crippen LogP contribution in [-0.4, -0.2) is 13.7 Å². The molecule has 0 bridgehead atoms. The second-order valence-electron chi connectivity index (χ2n) is 3.08. The number of hydrogen-bond donors (Lipinski definition) is 1. The van der Waals surface area contributed by atoms with Crippen molar-refractivity contribution in [2.45, 2.75) is 13.8 Å². The van der Waals surface area contributed by atoms with E-state index in [-0.39, 0.29) is 0 Å². The fourth-order valence-electron chi connectivity index (χ4n) is 1.19. The van der Waals surface area contributed by atoms with Crippen LogP contribution in [0.15, 0.2) is 16.6 Å². The van der Waals surface area contributed by atoms with Gasteiger partial charge in [-0.2, -0.15) is 0 Å². The Morgan fingerprint density at radius 1 is 1.50 bits per heavy atom. The normalized spacial score (nSPS) is 10.3. The number of hydrogen-bond acceptors (Lipinski definition) is 3. The molecule has 4 heteroatoms. The first-order valence-corrected chi connectivity index (χ1v) is 5.27. The highest BCUT2D eigenvalue weighted by molar-refractivity contribution is 9.10. The lowest BCUT2D eigenvalue weighted by molar-refractivity contribution is 0.134. The van der Waals surface area contributed by atoms with Gasteiger partial charge in [-0.05, 0) is 47.5 Å². The maximum absolute atomic E-state index is 5.77. The molecule has 0 aliphatic heterocycles. The highest BCUT2D eigenvalue weighted by Gasteiger charge is 2.07. The van der Waals surface area contributed by atoms with Crippen molar-refractivity contribution in [2.75, 3.05) is 24.5 Å². The third-order valence-corrected chi connectivity index (χ3v) is 2.63. The lowest BCUT2D eigenvalue weighted by Crippen LogP contribution is -2.18.